The third-order valence-electron chi connectivity index (χ3n) is 3.06. The van der Waals surface area contributed by atoms with E-state index in [1.807, 2.05) is 12.4 Å². The van der Waals surface area contributed by atoms with E-state index in [2.05, 4.69) is 59.9 Å². The van der Waals surface area contributed by atoms with Gasteiger partial charge in [-0.1, -0.05) is 44.7 Å². The Morgan fingerprint density at radius 2 is 1.40 bits per heavy atom. The van der Waals surface area contributed by atoms with E-state index in [9.17, 15) is 0 Å². The smallest absolute Gasteiger partial charge is 0.205 e. The minimum atomic E-state index is 0.586. The van der Waals surface area contributed by atoms with E-state index in [1.165, 1.54) is 17.5 Å². The van der Waals surface area contributed by atoms with Crippen molar-refractivity contribution in [3.63, 3.8) is 0 Å². The highest BCUT2D eigenvalue weighted by Gasteiger charge is 1.94. The first-order valence-electron chi connectivity index (χ1n) is 7.23. The van der Waals surface area contributed by atoms with Gasteiger partial charge < -0.3 is 0 Å². The maximum Gasteiger partial charge on any atom is 0.205 e. The molecule has 1 heterocycles. The molecule has 0 saturated carbocycles. The second-order valence-electron chi connectivity index (χ2n) is 4.86. The summed E-state index contributed by atoms with van der Waals surface area (Å²) < 4.78 is 0. The molecule has 0 saturated heterocycles. The van der Waals surface area contributed by atoms with Crippen molar-refractivity contribution < 1.29 is 0 Å². The fourth-order valence-corrected chi connectivity index (χ4v) is 2.01. The molecule has 1 aromatic heterocycles. The number of nitrogens with zero attached hydrogens (tertiary/aromatic N) is 2. The van der Waals surface area contributed by atoms with Gasteiger partial charge in [0.25, 0.3) is 0 Å². The van der Waals surface area contributed by atoms with E-state index in [0.29, 0.717) is 5.82 Å². The van der Waals surface area contributed by atoms with Gasteiger partial charge in [-0.05, 0) is 42.0 Å². The number of hydrogen-bond acceptors (Lipinski definition) is 2. The van der Waals surface area contributed by atoms with Crippen LogP contribution < -0.4 is 0 Å². The molecular formula is C18H20N2. The second-order valence-corrected chi connectivity index (χ2v) is 4.86. The van der Waals surface area contributed by atoms with Crippen molar-refractivity contribution in [2.24, 2.45) is 0 Å². The minimum Gasteiger partial charge on any atom is -0.229 e. The molecule has 2 rings (SSSR count). The normalized spacial score (nSPS) is 9.90. The molecule has 0 spiro atoms. The predicted octanol–water partition coefficient (Wildman–Crippen LogP) is 3.78. The highest BCUT2D eigenvalue weighted by atomic mass is 14.8. The van der Waals surface area contributed by atoms with Gasteiger partial charge in [0.05, 0.1) is 0 Å². The lowest BCUT2D eigenvalue weighted by Crippen LogP contribution is -1.92. The van der Waals surface area contributed by atoms with Crippen LogP contribution in [-0.2, 0) is 12.8 Å². The van der Waals surface area contributed by atoms with E-state index in [4.69, 9.17) is 0 Å². The zero-order valence-corrected chi connectivity index (χ0v) is 12.2. The van der Waals surface area contributed by atoms with Crippen molar-refractivity contribution >= 4 is 0 Å². The van der Waals surface area contributed by atoms with E-state index in [0.717, 1.165) is 24.8 Å². The average molecular weight is 264 g/mol. The maximum atomic E-state index is 4.27. The van der Waals surface area contributed by atoms with Gasteiger partial charge in [-0.25, -0.2) is 9.97 Å². The SMILES string of the molecule is CCCc1ccc(C#Cc2ncc(CCC)cn2)cc1. The summed E-state index contributed by atoms with van der Waals surface area (Å²) in [6.07, 6.45) is 8.15. The molecule has 1 aromatic carbocycles. The van der Waals surface area contributed by atoms with Crippen molar-refractivity contribution in [1.82, 2.24) is 9.97 Å². The van der Waals surface area contributed by atoms with Crippen molar-refractivity contribution in [3.8, 4) is 11.8 Å². The second kappa shape index (κ2) is 7.45. The molecule has 0 atom stereocenters. The summed E-state index contributed by atoms with van der Waals surface area (Å²) in [4.78, 5) is 8.55. The summed E-state index contributed by atoms with van der Waals surface area (Å²) >= 11 is 0. The van der Waals surface area contributed by atoms with Gasteiger partial charge in [0, 0.05) is 18.0 Å². The Balaban J connectivity index is 2.05. The molecule has 102 valence electrons. The van der Waals surface area contributed by atoms with Crippen LogP contribution in [0.3, 0.4) is 0 Å². The highest BCUT2D eigenvalue weighted by molar-refractivity contribution is 5.39. The molecule has 2 aromatic rings. The molecular weight excluding hydrogens is 244 g/mol. The van der Waals surface area contributed by atoms with Crippen LogP contribution in [0.5, 0.6) is 0 Å². The van der Waals surface area contributed by atoms with E-state index in [-0.39, 0.29) is 0 Å². The van der Waals surface area contributed by atoms with Crippen molar-refractivity contribution in [2.45, 2.75) is 39.5 Å². The van der Waals surface area contributed by atoms with Gasteiger partial charge in [-0.3, -0.25) is 0 Å². The largest absolute Gasteiger partial charge is 0.229 e. The van der Waals surface area contributed by atoms with E-state index in [1.54, 1.807) is 0 Å². The molecule has 0 unspecified atom stereocenters. The number of aromatic nitrogens is 2. The van der Waals surface area contributed by atoms with Gasteiger partial charge in [-0.15, -0.1) is 0 Å². The Morgan fingerprint density at radius 1 is 0.800 bits per heavy atom. The van der Waals surface area contributed by atoms with E-state index < -0.39 is 0 Å². The molecule has 20 heavy (non-hydrogen) atoms. The first kappa shape index (κ1) is 14.3. The Morgan fingerprint density at radius 3 is 2.00 bits per heavy atom. The molecule has 2 nitrogen and oxygen atoms in total. The van der Waals surface area contributed by atoms with Gasteiger partial charge in [0.1, 0.15) is 0 Å². The number of aryl methyl sites for hydroxylation is 2. The molecule has 0 aliphatic heterocycles. The number of rotatable bonds is 4. The first-order chi connectivity index (χ1) is 9.81. The molecule has 0 amide bonds. The molecule has 0 aliphatic carbocycles. The molecule has 0 bridgehead atoms. The fourth-order valence-electron chi connectivity index (χ4n) is 2.01. The van der Waals surface area contributed by atoms with Crippen LogP contribution >= 0.6 is 0 Å². The van der Waals surface area contributed by atoms with Crippen molar-refractivity contribution in [2.75, 3.05) is 0 Å². The Hall–Kier alpha value is -2.14. The lowest BCUT2D eigenvalue weighted by molar-refractivity contribution is 0.897. The van der Waals surface area contributed by atoms with Crippen LogP contribution in [-0.4, -0.2) is 9.97 Å². The van der Waals surface area contributed by atoms with Gasteiger partial charge in [-0.2, -0.15) is 0 Å². The lowest BCUT2D eigenvalue weighted by atomic mass is 10.1. The summed E-state index contributed by atoms with van der Waals surface area (Å²) in [6.45, 7) is 4.34. The average Bonchev–Trinajstić information content (AvgIpc) is 2.49. The van der Waals surface area contributed by atoms with Gasteiger partial charge >= 0.3 is 0 Å². The highest BCUT2D eigenvalue weighted by Crippen LogP contribution is 2.06. The summed E-state index contributed by atoms with van der Waals surface area (Å²) in [6, 6.07) is 8.39. The van der Waals surface area contributed by atoms with Crippen LogP contribution in [0.4, 0.5) is 0 Å². The first-order valence-corrected chi connectivity index (χ1v) is 7.23. The third kappa shape index (κ3) is 4.20. The molecule has 0 radical (unpaired) electrons. The van der Waals surface area contributed by atoms with Crippen molar-refractivity contribution in [1.29, 1.82) is 0 Å². The van der Waals surface area contributed by atoms with Crippen LogP contribution in [0.1, 0.15) is 49.2 Å². The van der Waals surface area contributed by atoms with Crippen LogP contribution in [0, 0.1) is 11.8 Å². The zero-order chi connectivity index (χ0) is 14.2. The lowest BCUT2D eigenvalue weighted by Gasteiger charge is -1.98. The molecule has 2 heteroatoms. The monoisotopic (exact) mass is 264 g/mol. The van der Waals surface area contributed by atoms with Crippen LogP contribution in [0.15, 0.2) is 36.7 Å². The van der Waals surface area contributed by atoms with Crippen molar-refractivity contribution in [3.05, 3.63) is 59.2 Å². The summed E-state index contributed by atoms with van der Waals surface area (Å²) in [5, 5.41) is 0. The summed E-state index contributed by atoms with van der Waals surface area (Å²) in [5.74, 6) is 6.70. The molecule has 0 N–H and O–H groups in total. The number of hydrogen-bond donors (Lipinski definition) is 0. The summed E-state index contributed by atoms with van der Waals surface area (Å²) in [7, 11) is 0. The van der Waals surface area contributed by atoms with Gasteiger partial charge in [0.2, 0.25) is 5.82 Å². The standard InChI is InChI=1S/C18H20N2/c1-3-5-15-7-9-16(10-8-15)11-12-18-19-13-17(6-4-2)14-20-18/h7-10,13-14H,3-6H2,1-2H3. The topological polar surface area (TPSA) is 25.8 Å². The van der Waals surface area contributed by atoms with E-state index >= 15 is 0 Å². The van der Waals surface area contributed by atoms with Gasteiger partial charge in [0.15, 0.2) is 0 Å². The molecule has 0 aliphatic rings. The predicted molar refractivity (Wildman–Crippen MR) is 82.4 cm³/mol. The van der Waals surface area contributed by atoms with Crippen LogP contribution in [0.2, 0.25) is 0 Å². The minimum absolute atomic E-state index is 0.586. The molecule has 0 fully saturated rings. The zero-order valence-electron chi connectivity index (χ0n) is 12.2. The Kier molecular flexibility index (Phi) is 5.32. The maximum absolute atomic E-state index is 4.27. The Labute approximate surface area is 121 Å². The fraction of sp³-hybridized carbons (Fsp3) is 0.333. The summed E-state index contributed by atoms with van der Waals surface area (Å²) in [5.41, 5.74) is 3.53. The third-order valence-corrected chi connectivity index (χ3v) is 3.06. The van der Waals surface area contributed by atoms with Crippen LogP contribution in [0.25, 0.3) is 0 Å². The number of benzene rings is 1. The quantitative estimate of drug-likeness (QED) is 0.785. The Bertz CT molecular complexity index is 533.